The Morgan fingerprint density at radius 1 is 1.15 bits per heavy atom. The van der Waals surface area contributed by atoms with E-state index in [1.54, 1.807) is 0 Å². The van der Waals surface area contributed by atoms with E-state index in [2.05, 4.69) is 43.2 Å². The number of aliphatic imine (C=N–C) groups is 1. The molecule has 0 unspecified atom stereocenters. The van der Waals surface area contributed by atoms with Crippen molar-refractivity contribution in [1.82, 2.24) is 24.5 Å². The summed E-state index contributed by atoms with van der Waals surface area (Å²) in [5.41, 5.74) is 0. The van der Waals surface area contributed by atoms with Crippen LogP contribution < -0.4 is 10.2 Å². The number of morpholine rings is 1. The molecule has 1 N–H and O–H groups in total. The summed E-state index contributed by atoms with van der Waals surface area (Å²) in [5, 5.41) is 4.51. The monoisotopic (exact) mass is 395 g/mol. The minimum atomic E-state index is 0.866. The summed E-state index contributed by atoms with van der Waals surface area (Å²) >= 11 is 1.52. The number of hydrogen-bond acceptors (Lipinski definition) is 7. The zero-order valence-electron chi connectivity index (χ0n) is 16.7. The average Bonchev–Trinajstić information content (AvgIpc) is 3.21. The molecule has 9 heteroatoms. The van der Waals surface area contributed by atoms with Crippen LogP contribution in [0, 0.1) is 0 Å². The molecule has 0 aliphatic carbocycles. The molecule has 2 saturated heterocycles. The van der Waals surface area contributed by atoms with Crippen molar-refractivity contribution in [2.45, 2.75) is 26.7 Å². The van der Waals surface area contributed by atoms with Crippen LogP contribution in [-0.4, -0.2) is 97.2 Å². The SMILES string of the molecule is CCNC(=NCCCN1CCOCC1)N1CCN(c2nc(CC)ns2)CC1. The average molecular weight is 396 g/mol. The third-order valence-corrected chi connectivity index (χ3v) is 5.77. The number of anilines is 1. The number of nitrogens with one attached hydrogen (secondary N) is 1. The molecule has 1 aromatic rings. The molecule has 2 fully saturated rings. The molecule has 0 spiro atoms. The summed E-state index contributed by atoms with van der Waals surface area (Å²) in [6, 6.07) is 0. The Morgan fingerprint density at radius 3 is 2.59 bits per heavy atom. The van der Waals surface area contributed by atoms with E-state index in [-0.39, 0.29) is 0 Å². The van der Waals surface area contributed by atoms with Crippen molar-refractivity contribution in [3.05, 3.63) is 5.82 Å². The molecule has 0 saturated carbocycles. The molecule has 2 aliphatic heterocycles. The van der Waals surface area contributed by atoms with Gasteiger partial charge in [0.25, 0.3) is 0 Å². The molecule has 27 heavy (non-hydrogen) atoms. The molecule has 0 radical (unpaired) electrons. The molecule has 0 atom stereocenters. The summed E-state index contributed by atoms with van der Waals surface area (Å²) in [6.07, 6.45) is 2.00. The van der Waals surface area contributed by atoms with Crippen LogP contribution >= 0.6 is 11.5 Å². The summed E-state index contributed by atoms with van der Waals surface area (Å²) in [5.74, 6) is 2.00. The van der Waals surface area contributed by atoms with E-state index in [1.807, 2.05) is 0 Å². The second-order valence-corrected chi connectivity index (χ2v) is 7.59. The molecule has 152 valence electrons. The Bertz CT molecular complexity index is 580. The van der Waals surface area contributed by atoms with Crippen molar-refractivity contribution in [3.63, 3.8) is 0 Å². The molecule has 0 bridgehead atoms. The van der Waals surface area contributed by atoms with Gasteiger partial charge < -0.3 is 19.9 Å². The molecule has 0 aromatic carbocycles. The van der Waals surface area contributed by atoms with E-state index in [9.17, 15) is 0 Å². The maximum atomic E-state index is 5.41. The van der Waals surface area contributed by atoms with Crippen LogP contribution in [0.2, 0.25) is 0 Å². The van der Waals surface area contributed by atoms with Crippen LogP contribution in [-0.2, 0) is 11.2 Å². The van der Waals surface area contributed by atoms with E-state index < -0.39 is 0 Å². The predicted octanol–water partition coefficient (Wildman–Crippen LogP) is 0.910. The fraction of sp³-hybridized carbons (Fsp3) is 0.833. The number of aromatic nitrogens is 2. The zero-order valence-corrected chi connectivity index (χ0v) is 17.5. The van der Waals surface area contributed by atoms with E-state index in [4.69, 9.17) is 9.73 Å². The quantitative estimate of drug-likeness (QED) is 0.418. The van der Waals surface area contributed by atoms with Crippen molar-refractivity contribution in [2.75, 3.05) is 77.0 Å². The third-order valence-electron chi connectivity index (χ3n) is 4.96. The van der Waals surface area contributed by atoms with Gasteiger partial charge in [-0.2, -0.15) is 4.37 Å². The number of guanidine groups is 1. The van der Waals surface area contributed by atoms with Crippen molar-refractivity contribution < 1.29 is 4.74 Å². The first-order valence-electron chi connectivity index (χ1n) is 10.2. The number of aryl methyl sites for hydroxylation is 1. The number of rotatable bonds is 7. The Balaban J connectivity index is 1.45. The van der Waals surface area contributed by atoms with Gasteiger partial charge in [0.05, 0.1) is 13.2 Å². The van der Waals surface area contributed by atoms with Gasteiger partial charge >= 0.3 is 0 Å². The van der Waals surface area contributed by atoms with Gasteiger partial charge in [-0.3, -0.25) is 9.89 Å². The van der Waals surface area contributed by atoms with E-state index in [1.165, 1.54) is 11.5 Å². The Kier molecular flexibility index (Phi) is 8.10. The third kappa shape index (κ3) is 6.02. The van der Waals surface area contributed by atoms with Crippen molar-refractivity contribution in [2.24, 2.45) is 4.99 Å². The Morgan fingerprint density at radius 2 is 1.93 bits per heavy atom. The highest BCUT2D eigenvalue weighted by Crippen LogP contribution is 2.19. The first-order chi connectivity index (χ1) is 13.3. The highest BCUT2D eigenvalue weighted by atomic mass is 32.1. The van der Waals surface area contributed by atoms with E-state index >= 15 is 0 Å². The summed E-state index contributed by atoms with van der Waals surface area (Å²) in [4.78, 5) is 16.7. The second kappa shape index (κ2) is 10.8. The summed E-state index contributed by atoms with van der Waals surface area (Å²) in [6.45, 7) is 14.8. The van der Waals surface area contributed by atoms with Crippen molar-refractivity contribution in [3.8, 4) is 0 Å². The van der Waals surface area contributed by atoms with Crippen molar-refractivity contribution in [1.29, 1.82) is 0 Å². The Labute approximate surface area is 166 Å². The summed E-state index contributed by atoms with van der Waals surface area (Å²) < 4.78 is 9.82. The second-order valence-electron chi connectivity index (χ2n) is 6.86. The van der Waals surface area contributed by atoms with Crippen LogP contribution in [0.15, 0.2) is 4.99 Å². The lowest BCUT2D eigenvalue weighted by molar-refractivity contribution is 0.0377. The van der Waals surface area contributed by atoms with Crippen LogP contribution in [0.25, 0.3) is 0 Å². The molecule has 0 amide bonds. The fourth-order valence-electron chi connectivity index (χ4n) is 3.36. The molecule has 1 aromatic heterocycles. The molecule has 3 heterocycles. The van der Waals surface area contributed by atoms with E-state index in [0.717, 1.165) is 102 Å². The highest BCUT2D eigenvalue weighted by Gasteiger charge is 2.22. The predicted molar refractivity (Wildman–Crippen MR) is 111 cm³/mol. The smallest absolute Gasteiger partial charge is 0.205 e. The van der Waals surface area contributed by atoms with Gasteiger partial charge in [0.2, 0.25) is 5.13 Å². The largest absolute Gasteiger partial charge is 0.379 e. The normalized spacial score (nSPS) is 19.6. The molecular weight excluding hydrogens is 362 g/mol. The lowest BCUT2D eigenvalue weighted by Gasteiger charge is -2.36. The Hall–Kier alpha value is -1.45. The molecule has 8 nitrogen and oxygen atoms in total. The van der Waals surface area contributed by atoms with Gasteiger partial charge in [-0.25, -0.2) is 4.98 Å². The number of hydrogen-bond donors (Lipinski definition) is 1. The highest BCUT2D eigenvalue weighted by molar-refractivity contribution is 7.09. The number of nitrogens with zero attached hydrogens (tertiary/aromatic N) is 6. The lowest BCUT2D eigenvalue weighted by Crippen LogP contribution is -2.52. The maximum Gasteiger partial charge on any atom is 0.205 e. The molecule has 3 rings (SSSR count). The first kappa shape index (κ1) is 20.3. The van der Waals surface area contributed by atoms with Gasteiger partial charge in [0, 0.05) is 76.9 Å². The first-order valence-corrected chi connectivity index (χ1v) is 11.0. The van der Waals surface area contributed by atoms with Gasteiger partial charge in [-0.05, 0) is 13.3 Å². The van der Waals surface area contributed by atoms with E-state index in [0.29, 0.717) is 0 Å². The summed E-state index contributed by atoms with van der Waals surface area (Å²) in [7, 11) is 0. The van der Waals surface area contributed by atoms with Gasteiger partial charge in [0.15, 0.2) is 5.96 Å². The van der Waals surface area contributed by atoms with Crippen LogP contribution in [0.5, 0.6) is 0 Å². The van der Waals surface area contributed by atoms with Crippen molar-refractivity contribution >= 4 is 22.6 Å². The van der Waals surface area contributed by atoms with Gasteiger partial charge in [0.1, 0.15) is 5.82 Å². The van der Waals surface area contributed by atoms with Crippen LogP contribution in [0.1, 0.15) is 26.1 Å². The molecule has 2 aliphatic rings. The van der Waals surface area contributed by atoms with Crippen LogP contribution in [0.4, 0.5) is 5.13 Å². The number of ether oxygens (including phenoxy) is 1. The van der Waals surface area contributed by atoms with Gasteiger partial charge in [-0.15, -0.1) is 0 Å². The zero-order chi connectivity index (χ0) is 18.9. The minimum absolute atomic E-state index is 0.866. The maximum absolute atomic E-state index is 5.41. The van der Waals surface area contributed by atoms with Gasteiger partial charge in [-0.1, -0.05) is 6.92 Å². The molecular formula is C18H33N7OS. The standard InChI is InChI=1S/C18H33N7OS/c1-3-16-21-18(27-22-16)25-10-8-24(9-11-25)17(19-4-2)20-6-5-7-23-12-14-26-15-13-23/h3-15H2,1-2H3,(H,19,20). The lowest BCUT2D eigenvalue weighted by atomic mass is 10.3. The fourth-order valence-corrected chi connectivity index (χ4v) is 4.16. The van der Waals surface area contributed by atoms with Crippen LogP contribution in [0.3, 0.4) is 0 Å². The number of piperazine rings is 1. The topological polar surface area (TPSA) is 69.1 Å². The minimum Gasteiger partial charge on any atom is -0.379 e.